The van der Waals surface area contributed by atoms with Gasteiger partial charge in [0.15, 0.2) is 17.5 Å². The van der Waals surface area contributed by atoms with Crippen molar-refractivity contribution in [2.75, 3.05) is 0 Å². The summed E-state index contributed by atoms with van der Waals surface area (Å²) in [5.41, 5.74) is 3.00. The fourth-order valence-corrected chi connectivity index (χ4v) is 2.40. The molecule has 0 atom stereocenters. The first-order valence-electron chi connectivity index (χ1n) is 4.91. The van der Waals surface area contributed by atoms with Crippen molar-refractivity contribution in [3.05, 3.63) is 35.0 Å². The van der Waals surface area contributed by atoms with E-state index in [4.69, 9.17) is 0 Å². The number of benzene rings is 1. The fourth-order valence-electron chi connectivity index (χ4n) is 1.65. The molecule has 2 aromatic heterocycles. The number of imidazole rings is 1. The average Bonchev–Trinajstić information content (AvgIpc) is 2.89. The molecular weight excluding hydrogens is 244 g/mol. The van der Waals surface area contributed by atoms with Gasteiger partial charge in [0.2, 0.25) is 0 Å². The van der Waals surface area contributed by atoms with Gasteiger partial charge in [0.1, 0.15) is 5.52 Å². The van der Waals surface area contributed by atoms with Crippen LogP contribution in [0.5, 0.6) is 0 Å². The largest absolute Gasteiger partial charge is 0.337 e. The van der Waals surface area contributed by atoms with Gasteiger partial charge in [-0.25, -0.2) is 18.7 Å². The van der Waals surface area contributed by atoms with E-state index in [0.29, 0.717) is 11.3 Å². The standard InChI is InChI=1S/C11H7F2N3S/c1-5-10(17-4-14-5)11-15-7-3-2-6(12)8(13)9(7)16-11/h2-4H,1H3,(H,15,16). The van der Waals surface area contributed by atoms with Crippen molar-refractivity contribution in [1.82, 2.24) is 15.0 Å². The summed E-state index contributed by atoms with van der Waals surface area (Å²) in [6, 6.07) is 2.56. The monoisotopic (exact) mass is 251 g/mol. The third-order valence-corrected chi connectivity index (χ3v) is 3.44. The van der Waals surface area contributed by atoms with Crippen LogP contribution in [0.15, 0.2) is 17.6 Å². The third-order valence-electron chi connectivity index (χ3n) is 2.51. The van der Waals surface area contributed by atoms with Gasteiger partial charge >= 0.3 is 0 Å². The molecule has 3 nitrogen and oxygen atoms in total. The van der Waals surface area contributed by atoms with E-state index >= 15 is 0 Å². The minimum absolute atomic E-state index is 0.0211. The molecule has 0 aliphatic heterocycles. The van der Waals surface area contributed by atoms with Crippen molar-refractivity contribution in [2.45, 2.75) is 6.92 Å². The SMILES string of the molecule is Cc1ncsc1-c1nc2c(F)c(F)ccc2[nH]1. The van der Waals surface area contributed by atoms with Crippen molar-refractivity contribution < 1.29 is 8.78 Å². The molecule has 0 fully saturated rings. The summed E-state index contributed by atoms with van der Waals surface area (Å²) in [6.07, 6.45) is 0. The summed E-state index contributed by atoms with van der Waals surface area (Å²) in [7, 11) is 0. The van der Waals surface area contributed by atoms with Crippen molar-refractivity contribution >= 4 is 22.4 Å². The molecule has 86 valence electrons. The van der Waals surface area contributed by atoms with Crippen LogP contribution in [0.1, 0.15) is 5.69 Å². The highest BCUT2D eigenvalue weighted by atomic mass is 32.1. The number of nitrogens with one attached hydrogen (secondary N) is 1. The van der Waals surface area contributed by atoms with Crippen molar-refractivity contribution in [3.8, 4) is 10.7 Å². The van der Waals surface area contributed by atoms with Gasteiger partial charge in [0.05, 0.1) is 21.6 Å². The van der Waals surface area contributed by atoms with E-state index in [1.165, 1.54) is 17.4 Å². The van der Waals surface area contributed by atoms with Crippen LogP contribution in [0.3, 0.4) is 0 Å². The molecule has 6 heteroatoms. The van der Waals surface area contributed by atoms with Gasteiger partial charge in [-0.05, 0) is 19.1 Å². The summed E-state index contributed by atoms with van der Waals surface area (Å²) < 4.78 is 26.5. The lowest BCUT2D eigenvalue weighted by molar-refractivity contribution is 0.515. The molecule has 0 amide bonds. The van der Waals surface area contributed by atoms with E-state index < -0.39 is 11.6 Å². The van der Waals surface area contributed by atoms with E-state index in [0.717, 1.165) is 16.6 Å². The second-order valence-electron chi connectivity index (χ2n) is 3.61. The maximum Gasteiger partial charge on any atom is 0.186 e. The molecular formula is C11H7F2N3S. The van der Waals surface area contributed by atoms with Gasteiger partial charge in [0, 0.05) is 0 Å². The molecule has 0 saturated heterocycles. The number of H-pyrrole nitrogens is 1. The van der Waals surface area contributed by atoms with E-state index in [1.807, 2.05) is 6.92 Å². The number of fused-ring (bicyclic) bond motifs is 1. The first-order chi connectivity index (χ1) is 8.16. The Morgan fingerprint density at radius 1 is 1.29 bits per heavy atom. The normalized spacial score (nSPS) is 11.2. The second kappa shape index (κ2) is 3.59. The van der Waals surface area contributed by atoms with Crippen LogP contribution < -0.4 is 0 Å². The number of aromatic amines is 1. The summed E-state index contributed by atoms with van der Waals surface area (Å²) in [4.78, 5) is 12.0. The molecule has 1 N–H and O–H groups in total. The predicted octanol–water partition coefficient (Wildman–Crippen LogP) is 3.27. The molecule has 0 saturated carbocycles. The second-order valence-corrected chi connectivity index (χ2v) is 4.46. The van der Waals surface area contributed by atoms with E-state index in [-0.39, 0.29) is 5.52 Å². The number of rotatable bonds is 1. The van der Waals surface area contributed by atoms with Crippen molar-refractivity contribution in [1.29, 1.82) is 0 Å². The molecule has 0 unspecified atom stereocenters. The number of hydrogen-bond acceptors (Lipinski definition) is 3. The Kier molecular flexibility index (Phi) is 2.19. The van der Waals surface area contributed by atoms with Crippen LogP contribution in [-0.4, -0.2) is 15.0 Å². The highest BCUT2D eigenvalue weighted by molar-refractivity contribution is 7.13. The molecule has 0 bridgehead atoms. The fraction of sp³-hybridized carbons (Fsp3) is 0.0909. The van der Waals surface area contributed by atoms with Crippen LogP contribution >= 0.6 is 11.3 Å². The smallest absolute Gasteiger partial charge is 0.186 e. The van der Waals surface area contributed by atoms with Crippen LogP contribution in [0.4, 0.5) is 8.78 Å². The van der Waals surface area contributed by atoms with Crippen LogP contribution in [-0.2, 0) is 0 Å². The number of aromatic nitrogens is 3. The highest BCUT2D eigenvalue weighted by Crippen LogP contribution is 2.28. The summed E-state index contributed by atoms with van der Waals surface area (Å²) in [5, 5.41) is 0. The molecule has 0 radical (unpaired) electrons. The molecule has 17 heavy (non-hydrogen) atoms. The molecule has 1 aromatic carbocycles. The lowest BCUT2D eigenvalue weighted by atomic mass is 10.3. The lowest BCUT2D eigenvalue weighted by Crippen LogP contribution is -1.84. The van der Waals surface area contributed by atoms with E-state index in [9.17, 15) is 8.78 Å². The van der Waals surface area contributed by atoms with Crippen molar-refractivity contribution in [2.24, 2.45) is 0 Å². The minimum atomic E-state index is -0.924. The minimum Gasteiger partial charge on any atom is -0.337 e. The topological polar surface area (TPSA) is 41.6 Å². The number of thiazole rings is 1. The molecule has 3 rings (SSSR count). The lowest BCUT2D eigenvalue weighted by Gasteiger charge is -1.91. The predicted molar refractivity (Wildman–Crippen MR) is 61.9 cm³/mol. The van der Waals surface area contributed by atoms with E-state index in [1.54, 1.807) is 5.51 Å². The van der Waals surface area contributed by atoms with Gasteiger partial charge < -0.3 is 4.98 Å². The quantitative estimate of drug-likeness (QED) is 0.721. The van der Waals surface area contributed by atoms with Gasteiger partial charge in [-0.3, -0.25) is 0 Å². The number of hydrogen-bond donors (Lipinski definition) is 1. The van der Waals surface area contributed by atoms with Gasteiger partial charge in [-0.1, -0.05) is 0 Å². The molecule has 2 heterocycles. The first kappa shape index (κ1) is 10.3. The zero-order valence-corrected chi connectivity index (χ0v) is 9.61. The van der Waals surface area contributed by atoms with Gasteiger partial charge in [-0.2, -0.15) is 0 Å². The third kappa shape index (κ3) is 1.52. The number of nitrogens with zero attached hydrogens (tertiary/aromatic N) is 2. The molecule has 3 aromatic rings. The summed E-state index contributed by atoms with van der Waals surface area (Å²) in [5.74, 6) is -1.30. The Morgan fingerprint density at radius 2 is 2.12 bits per heavy atom. The molecule has 0 aliphatic rings. The molecule has 0 aliphatic carbocycles. The first-order valence-corrected chi connectivity index (χ1v) is 5.79. The Labute approximate surface area is 99.2 Å². The zero-order chi connectivity index (χ0) is 12.0. The Bertz CT molecular complexity index is 702. The summed E-state index contributed by atoms with van der Waals surface area (Å²) >= 11 is 1.41. The van der Waals surface area contributed by atoms with Crippen LogP contribution in [0.25, 0.3) is 21.7 Å². The van der Waals surface area contributed by atoms with Crippen molar-refractivity contribution in [3.63, 3.8) is 0 Å². The highest BCUT2D eigenvalue weighted by Gasteiger charge is 2.14. The number of aryl methyl sites for hydroxylation is 1. The van der Waals surface area contributed by atoms with Gasteiger partial charge in [0.25, 0.3) is 0 Å². The van der Waals surface area contributed by atoms with E-state index in [2.05, 4.69) is 15.0 Å². The van der Waals surface area contributed by atoms with Crippen LogP contribution in [0.2, 0.25) is 0 Å². The van der Waals surface area contributed by atoms with Crippen LogP contribution in [0, 0.1) is 18.6 Å². The maximum absolute atomic E-state index is 13.5. The molecule has 0 spiro atoms. The Hall–Kier alpha value is -1.82. The van der Waals surface area contributed by atoms with Gasteiger partial charge in [-0.15, -0.1) is 11.3 Å². The maximum atomic E-state index is 13.5. The summed E-state index contributed by atoms with van der Waals surface area (Å²) in [6.45, 7) is 1.84. The average molecular weight is 251 g/mol. The zero-order valence-electron chi connectivity index (χ0n) is 8.79. The Morgan fingerprint density at radius 3 is 2.82 bits per heavy atom. The number of halogens is 2. The Balaban J connectivity index is 2.27.